The lowest BCUT2D eigenvalue weighted by Crippen LogP contribution is -2.13. The first kappa shape index (κ1) is 16.8. The zero-order valence-corrected chi connectivity index (χ0v) is 13.0. The number of rotatable bonds is 4. The molecule has 3 heterocycles. The Balaban J connectivity index is 1.90. The first-order valence-corrected chi connectivity index (χ1v) is 7.26. The van der Waals surface area contributed by atoms with Crippen LogP contribution in [-0.4, -0.2) is 20.5 Å². The first-order valence-electron chi connectivity index (χ1n) is 7.26. The summed E-state index contributed by atoms with van der Waals surface area (Å²) >= 11 is 0. The van der Waals surface area contributed by atoms with Crippen LogP contribution in [0.4, 0.5) is 13.2 Å². The third-order valence-corrected chi connectivity index (χ3v) is 3.69. The van der Waals surface area contributed by atoms with Gasteiger partial charge in [0.15, 0.2) is 5.69 Å². The lowest BCUT2D eigenvalue weighted by atomic mass is 10.2. The monoisotopic (exact) mass is 350 g/mol. The molecule has 0 spiro atoms. The summed E-state index contributed by atoms with van der Waals surface area (Å²) in [7, 11) is 0. The Bertz CT molecular complexity index is 948. The number of halogens is 3. The molecular weight excluding hydrogens is 337 g/mol. The topological polar surface area (TPSA) is 63.8 Å². The van der Waals surface area contributed by atoms with Crippen molar-refractivity contribution < 1.29 is 27.8 Å². The molecule has 8 heteroatoms. The van der Waals surface area contributed by atoms with Crippen LogP contribution in [0.3, 0.4) is 0 Å². The van der Waals surface area contributed by atoms with Crippen molar-refractivity contribution >= 4 is 11.5 Å². The van der Waals surface area contributed by atoms with Gasteiger partial charge in [-0.2, -0.15) is 13.2 Å². The standard InChI is InChI=1S/C17H13F3N2O3/c1-10-7-12-4-5-13(8-22(12)14(10)16(23)24)25-9-11-3-2-6-21-15(11)17(18,19)20/h2-8H,9H2,1H3,(H,23,24). The van der Waals surface area contributed by atoms with Crippen molar-refractivity contribution in [3.05, 3.63) is 65.2 Å². The van der Waals surface area contributed by atoms with Gasteiger partial charge in [-0.3, -0.25) is 4.98 Å². The molecular formula is C17H13F3N2O3. The van der Waals surface area contributed by atoms with Gasteiger partial charge in [0.25, 0.3) is 0 Å². The summed E-state index contributed by atoms with van der Waals surface area (Å²) in [5, 5.41) is 9.28. The Morgan fingerprint density at radius 3 is 2.76 bits per heavy atom. The van der Waals surface area contributed by atoms with Crippen LogP contribution in [0.5, 0.6) is 5.75 Å². The molecule has 130 valence electrons. The molecule has 0 bridgehead atoms. The largest absolute Gasteiger partial charge is 0.487 e. The molecule has 0 amide bonds. The van der Waals surface area contributed by atoms with E-state index in [2.05, 4.69) is 4.98 Å². The number of nitrogens with zero attached hydrogens (tertiary/aromatic N) is 2. The predicted octanol–water partition coefficient (Wildman–Crippen LogP) is 3.94. The fourth-order valence-corrected chi connectivity index (χ4v) is 2.61. The van der Waals surface area contributed by atoms with Crippen LogP contribution < -0.4 is 4.74 Å². The molecule has 0 unspecified atom stereocenters. The van der Waals surface area contributed by atoms with Crippen LogP contribution in [0.2, 0.25) is 0 Å². The van der Waals surface area contributed by atoms with Gasteiger partial charge in [0, 0.05) is 17.3 Å². The van der Waals surface area contributed by atoms with Gasteiger partial charge in [-0.05, 0) is 36.8 Å². The number of hydrogen-bond donors (Lipinski definition) is 1. The Morgan fingerprint density at radius 2 is 2.08 bits per heavy atom. The minimum atomic E-state index is -4.57. The molecule has 5 nitrogen and oxygen atoms in total. The minimum Gasteiger partial charge on any atom is -0.487 e. The van der Waals surface area contributed by atoms with Gasteiger partial charge in [-0.15, -0.1) is 0 Å². The third kappa shape index (κ3) is 3.28. The van der Waals surface area contributed by atoms with Crippen molar-refractivity contribution in [1.82, 2.24) is 9.38 Å². The Hall–Kier alpha value is -3.03. The van der Waals surface area contributed by atoms with Crippen molar-refractivity contribution in [3.63, 3.8) is 0 Å². The van der Waals surface area contributed by atoms with Gasteiger partial charge < -0.3 is 14.2 Å². The van der Waals surface area contributed by atoms with E-state index < -0.39 is 17.8 Å². The molecule has 0 aromatic carbocycles. The maximum atomic E-state index is 12.9. The number of carboxylic acids is 1. The Labute approximate surface area is 140 Å². The summed E-state index contributed by atoms with van der Waals surface area (Å²) in [6.45, 7) is 1.33. The smallest absolute Gasteiger partial charge is 0.433 e. The summed E-state index contributed by atoms with van der Waals surface area (Å²) in [6.07, 6.45) is -2.06. The molecule has 0 saturated carbocycles. The Kier molecular flexibility index (Phi) is 4.12. The number of aryl methyl sites for hydroxylation is 1. The normalized spacial score (nSPS) is 11.7. The lowest BCUT2D eigenvalue weighted by Gasteiger charge is -2.12. The fraction of sp³-hybridized carbons (Fsp3) is 0.176. The molecule has 0 atom stereocenters. The van der Waals surface area contributed by atoms with Crippen molar-refractivity contribution in [2.24, 2.45) is 0 Å². The highest BCUT2D eigenvalue weighted by atomic mass is 19.4. The molecule has 3 aromatic heterocycles. The molecule has 0 aliphatic rings. The summed E-state index contributed by atoms with van der Waals surface area (Å²) in [5.74, 6) is -0.844. The highest BCUT2D eigenvalue weighted by Gasteiger charge is 2.35. The van der Waals surface area contributed by atoms with Crippen molar-refractivity contribution in [2.45, 2.75) is 19.7 Å². The average molecular weight is 350 g/mol. The van der Waals surface area contributed by atoms with Crippen LogP contribution in [0.1, 0.15) is 27.3 Å². The van der Waals surface area contributed by atoms with E-state index in [1.165, 1.54) is 22.7 Å². The number of fused-ring (bicyclic) bond motifs is 1. The molecule has 3 aromatic rings. The number of alkyl halides is 3. The van der Waals surface area contributed by atoms with E-state index in [1.807, 2.05) is 0 Å². The quantitative estimate of drug-likeness (QED) is 0.774. The van der Waals surface area contributed by atoms with Crippen LogP contribution in [0.25, 0.3) is 5.52 Å². The summed E-state index contributed by atoms with van der Waals surface area (Å²) in [5.41, 5.74) is 0.213. The van der Waals surface area contributed by atoms with Gasteiger partial charge in [-0.25, -0.2) is 4.79 Å². The van der Waals surface area contributed by atoms with Crippen LogP contribution in [0, 0.1) is 6.92 Å². The van der Waals surface area contributed by atoms with Crippen LogP contribution in [0.15, 0.2) is 42.7 Å². The Morgan fingerprint density at radius 1 is 1.32 bits per heavy atom. The molecule has 1 N–H and O–H groups in total. The number of ether oxygens (including phenoxy) is 1. The van der Waals surface area contributed by atoms with E-state index in [-0.39, 0.29) is 23.6 Å². The maximum Gasteiger partial charge on any atom is 0.433 e. The highest BCUT2D eigenvalue weighted by Crippen LogP contribution is 2.30. The average Bonchev–Trinajstić information content (AvgIpc) is 2.87. The van der Waals surface area contributed by atoms with Crippen molar-refractivity contribution in [3.8, 4) is 5.75 Å². The molecule has 0 aliphatic heterocycles. The minimum absolute atomic E-state index is 0.0813. The van der Waals surface area contributed by atoms with Crippen LogP contribution in [-0.2, 0) is 12.8 Å². The highest BCUT2D eigenvalue weighted by molar-refractivity contribution is 5.89. The van der Waals surface area contributed by atoms with E-state index in [0.717, 1.165) is 6.20 Å². The molecule has 0 radical (unpaired) electrons. The van der Waals surface area contributed by atoms with E-state index in [9.17, 15) is 23.1 Å². The fourth-order valence-electron chi connectivity index (χ4n) is 2.61. The number of aromatic nitrogens is 2. The molecule has 3 rings (SSSR count). The number of aromatic carboxylic acids is 1. The third-order valence-electron chi connectivity index (χ3n) is 3.69. The van der Waals surface area contributed by atoms with E-state index in [0.29, 0.717) is 11.1 Å². The SMILES string of the molecule is Cc1cc2ccc(OCc3cccnc3C(F)(F)F)cn2c1C(=O)O. The summed E-state index contributed by atoms with van der Waals surface area (Å²) in [4.78, 5) is 14.7. The molecule has 0 aliphatic carbocycles. The second-order valence-corrected chi connectivity index (χ2v) is 5.44. The maximum absolute atomic E-state index is 12.9. The van der Waals surface area contributed by atoms with Gasteiger partial charge >= 0.3 is 12.1 Å². The van der Waals surface area contributed by atoms with E-state index in [1.54, 1.807) is 25.1 Å². The summed E-state index contributed by atoms with van der Waals surface area (Å²) < 4.78 is 45.7. The lowest BCUT2D eigenvalue weighted by molar-refractivity contribution is -0.142. The predicted molar refractivity (Wildman–Crippen MR) is 82.7 cm³/mol. The zero-order chi connectivity index (χ0) is 18.2. The van der Waals surface area contributed by atoms with Gasteiger partial charge in [0.1, 0.15) is 18.1 Å². The summed E-state index contributed by atoms with van der Waals surface area (Å²) in [6, 6.07) is 7.61. The van der Waals surface area contributed by atoms with Gasteiger partial charge in [0.05, 0.1) is 6.20 Å². The zero-order valence-electron chi connectivity index (χ0n) is 13.0. The number of pyridine rings is 2. The molecule has 25 heavy (non-hydrogen) atoms. The second-order valence-electron chi connectivity index (χ2n) is 5.44. The van der Waals surface area contributed by atoms with Crippen LogP contribution >= 0.6 is 0 Å². The van der Waals surface area contributed by atoms with E-state index in [4.69, 9.17) is 4.74 Å². The number of carboxylic acid groups (broad SMARTS) is 1. The van der Waals surface area contributed by atoms with Crippen molar-refractivity contribution in [2.75, 3.05) is 0 Å². The molecule has 0 saturated heterocycles. The van der Waals surface area contributed by atoms with Crippen molar-refractivity contribution in [1.29, 1.82) is 0 Å². The van der Waals surface area contributed by atoms with Gasteiger partial charge in [0.2, 0.25) is 0 Å². The number of hydrogen-bond acceptors (Lipinski definition) is 3. The van der Waals surface area contributed by atoms with Gasteiger partial charge in [-0.1, -0.05) is 6.07 Å². The van der Waals surface area contributed by atoms with E-state index >= 15 is 0 Å². The number of carbonyl (C=O) groups is 1. The first-order chi connectivity index (χ1) is 11.8. The molecule has 0 fully saturated rings. The second kappa shape index (κ2) is 6.12.